The van der Waals surface area contributed by atoms with Crippen molar-refractivity contribution in [1.29, 1.82) is 0 Å². The fourth-order valence-electron chi connectivity index (χ4n) is 2.88. The van der Waals surface area contributed by atoms with Crippen LogP contribution in [-0.2, 0) is 19.4 Å². The number of benzene rings is 1. The molecule has 112 valence electrons. The molecule has 2 aromatic rings. The van der Waals surface area contributed by atoms with Gasteiger partial charge in [-0.15, -0.1) is 10.2 Å². The third kappa shape index (κ3) is 3.41. The summed E-state index contributed by atoms with van der Waals surface area (Å²) >= 11 is 1.55. The zero-order valence-electron chi connectivity index (χ0n) is 12.6. The second-order valence-electron chi connectivity index (χ2n) is 5.48. The molecule has 1 aliphatic carbocycles. The maximum absolute atomic E-state index is 5.39. The molecule has 0 spiro atoms. The van der Waals surface area contributed by atoms with Crippen molar-refractivity contribution in [1.82, 2.24) is 15.1 Å². The highest BCUT2D eigenvalue weighted by atomic mass is 32.1. The fourth-order valence-corrected chi connectivity index (χ4v) is 3.69. The number of ether oxygens (including phenoxy) is 1. The Hall–Kier alpha value is -1.46. The van der Waals surface area contributed by atoms with Crippen molar-refractivity contribution in [2.75, 3.05) is 13.7 Å². The fraction of sp³-hybridized carbons (Fsp3) is 0.500. The van der Waals surface area contributed by atoms with Gasteiger partial charge < -0.3 is 4.74 Å². The van der Waals surface area contributed by atoms with Crippen LogP contribution in [-0.4, -0.2) is 34.8 Å². The normalized spacial score (nSPS) is 17.8. The zero-order valence-corrected chi connectivity index (χ0v) is 13.4. The lowest BCUT2D eigenvalue weighted by molar-refractivity contribution is 0.213. The van der Waals surface area contributed by atoms with Crippen molar-refractivity contribution in [2.45, 2.75) is 38.8 Å². The first-order chi connectivity index (χ1) is 10.3. The average molecular weight is 303 g/mol. The quantitative estimate of drug-likeness (QED) is 0.851. The molecule has 0 unspecified atom stereocenters. The van der Waals surface area contributed by atoms with Crippen LogP contribution in [0.1, 0.15) is 29.5 Å². The monoisotopic (exact) mass is 303 g/mol. The van der Waals surface area contributed by atoms with Gasteiger partial charge in [-0.1, -0.05) is 35.6 Å². The second-order valence-corrected chi connectivity index (χ2v) is 6.50. The summed E-state index contributed by atoms with van der Waals surface area (Å²) in [7, 11) is 2.18. The molecule has 0 fully saturated rings. The van der Waals surface area contributed by atoms with Crippen LogP contribution in [0.5, 0.6) is 5.19 Å². The van der Waals surface area contributed by atoms with Gasteiger partial charge in [-0.2, -0.15) is 0 Å². The van der Waals surface area contributed by atoms with Crippen LogP contribution < -0.4 is 4.74 Å². The lowest BCUT2D eigenvalue weighted by atomic mass is 9.88. The smallest absolute Gasteiger partial charge is 0.294 e. The highest BCUT2D eigenvalue weighted by Gasteiger charge is 2.22. The highest BCUT2D eigenvalue weighted by Crippen LogP contribution is 2.26. The molecule has 4 nitrogen and oxygen atoms in total. The summed E-state index contributed by atoms with van der Waals surface area (Å²) in [6.07, 6.45) is 3.51. The molecule has 1 atom stereocenters. The van der Waals surface area contributed by atoms with Gasteiger partial charge in [-0.05, 0) is 44.4 Å². The number of aromatic nitrogens is 2. The van der Waals surface area contributed by atoms with Crippen LogP contribution in [0.4, 0.5) is 0 Å². The topological polar surface area (TPSA) is 38.3 Å². The minimum absolute atomic E-state index is 0.583. The van der Waals surface area contributed by atoms with E-state index in [2.05, 4.69) is 46.4 Å². The summed E-state index contributed by atoms with van der Waals surface area (Å²) in [5.41, 5.74) is 3.00. The van der Waals surface area contributed by atoms with Crippen LogP contribution in [0.15, 0.2) is 24.3 Å². The van der Waals surface area contributed by atoms with Crippen molar-refractivity contribution in [3.05, 3.63) is 40.4 Å². The first kappa shape index (κ1) is 14.5. The van der Waals surface area contributed by atoms with E-state index in [4.69, 9.17) is 4.74 Å². The highest BCUT2D eigenvalue weighted by molar-refractivity contribution is 7.13. The Bertz CT molecular complexity index is 599. The van der Waals surface area contributed by atoms with Gasteiger partial charge in [0.15, 0.2) is 0 Å². The largest absolute Gasteiger partial charge is 0.469 e. The van der Waals surface area contributed by atoms with Gasteiger partial charge in [0.25, 0.3) is 5.19 Å². The molecular weight excluding hydrogens is 282 g/mol. The van der Waals surface area contributed by atoms with Crippen molar-refractivity contribution >= 4 is 11.3 Å². The maximum Gasteiger partial charge on any atom is 0.294 e. The van der Waals surface area contributed by atoms with E-state index in [1.807, 2.05) is 6.92 Å². The van der Waals surface area contributed by atoms with E-state index in [9.17, 15) is 0 Å². The number of aryl methyl sites for hydroxylation is 1. The molecule has 0 radical (unpaired) electrons. The van der Waals surface area contributed by atoms with E-state index in [1.165, 1.54) is 24.0 Å². The van der Waals surface area contributed by atoms with Gasteiger partial charge >= 0.3 is 0 Å². The molecule has 0 aliphatic heterocycles. The molecule has 1 aromatic carbocycles. The van der Waals surface area contributed by atoms with E-state index >= 15 is 0 Å². The summed E-state index contributed by atoms with van der Waals surface area (Å²) in [5.74, 6) is 0. The van der Waals surface area contributed by atoms with Gasteiger partial charge in [-0.3, -0.25) is 4.90 Å². The van der Waals surface area contributed by atoms with Gasteiger partial charge in [0.05, 0.1) is 13.2 Å². The molecule has 21 heavy (non-hydrogen) atoms. The van der Waals surface area contributed by atoms with Crippen molar-refractivity contribution in [2.24, 2.45) is 0 Å². The first-order valence-electron chi connectivity index (χ1n) is 7.48. The van der Waals surface area contributed by atoms with Crippen molar-refractivity contribution in [3.8, 4) is 5.19 Å². The van der Waals surface area contributed by atoms with E-state index in [0.717, 1.165) is 18.0 Å². The van der Waals surface area contributed by atoms with Gasteiger partial charge in [0.1, 0.15) is 5.01 Å². The molecule has 0 saturated heterocycles. The van der Waals surface area contributed by atoms with Crippen LogP contribution in [0.25, 0.3) is 0 Å². The van der Waals surface area contributed by atoms with E-state index in [-0.39, 0.29) is 0 Å². The van der Waals surface area contributed by atoms with Crippen LogP contribution in [0.3, 0.4) is 0 Å². The third-order valence-electron chi connectivity index (χ3n) is 4.04. The molecule has 3 rings (SSSR count). The average Bonchev–Trinajstić information content (AvgIpc) is 2.94. The third-order valence-corrected chi connectivity index (χ3v) is 4.87. The Morgan fingerprint density at radius 2 is 2.10 bits per heavy atom. The lowest BCUT2D eigenvalue weighted by Crippen LogP contribution is -2.36. The standard InChI is InChI=1S/C16H21N3OS/c1-3-20-16-18-17-15(21-16)11-19(2)14-9-8-12-6-4-5-7-13(12)10-14/h4-7,14H,3,8-11H2,1-2H3/t14-/m1/s1. The second kappa shape index (κ2) is 6.54. The Morgan fingerprint density at radius 1 is 1.29 bits per heavy atom. The summed E-state index contributed by atoms with van der Waals surface area (Å²) in [6, 6.07) is 9.37. The first-order valence-corrected chi connectivity index (χ1v) is 8.30. The predicted octanol–water partition coefficient (Wildman–Crippen LogP) is 2.93. The summed E-state index contributed by atoms with van der Waals surface area (Å²) in [4.78, 5) is 2.40. The number of hydrogen-bond donors (Lipinski definition) is 0. The molecule has 0 N–H and O–H groups in total. The van der Waals surface area contributed by atoms with Gasteiger partial charge in [0, 0.05) is 6.04 Å². The minimum atomic E-state index is 0.583. The Balaban J connectivity index is 1.62. The van der Waals surface area contributed by atoms with Gasteiger partial charge in [-0.25, -0.2) is 0 Å². The molecule has 5 heteroatoms. The molecule has 0 saturated carbocycles. The Morgan fingerprint density at radius 3 is 2.90 bits per heavy atom. The van der Waals surface area contributed by atoms with Crippen LogP contribution in [0.2, 0.25) is 0 Å². The summed E-state index contributed by atoms with van der Waals surface area (Å²) in [5, 5.41) is 9.98. The van der Waals surface area contributed by atoms with Crippen LogP contribution in [0, 0.1) is 0 Å². The maximum atomic E-state index is 5.39. The minimum Gasteiger partial charge on any atom is -0.469 e. The van der Waals surface area contributed by atoms with E-state index in [1.54, 1.807) is 11.3 Å². The molecule has 1 aliphatic rings. The summed E-state index contributed by atoms with van der Waals surface area (Å²) in [6.45, 7) is 3.45. The van der Waals surface area contributed by atoms with E-state index in [0.29, 0.717) is 17.8 Å². The number of hydrogen-bond acceptors (Lipinski definition) is 5. The van der Waals surface area contributed by atoms with E-state index < -0.39 is 0 Å². The zero-order chi connectivity index (χ0) is 14.7. The van der Waals surface area contributed by atoms with Crippen molar-refractivity contribution in [3.63, 3.8) is 0 Å². The molecule has 1 heterocycles. The Labute approximate surface area is 129 Å². The molecule has 0 bridgehead atoms. The van der Waals surface area contributed by atoms with Crippen molar-refractivity contribution < 1.29 is 4.74 Å². The lowest BCUT2D eigenvalue weighted by Gasteiger charge is -2.31. The number of nitrogens with zero attached hydrogens (tertiary/aromatic N) is 3. The molecule has 1 aromatic heterocycles. The van der Waals surface area contributed by atoms with Gasteiger partial charge in [0.2, 0.25) is 0 Å². The molecular formula is C16H21N3OS. The Kier molecular flexibility index (Phi) is 4.51. The number of rotatable bonds is 5. The number of likely N-dealkylation sites (N-methyl/N-ethyl adjacent to an activating group) is 1. The summed E-state index contributed by atoms with van der Waals surface area (Å²) < 4.78 is 5.39. The number of fused-ring (bicyclic) bond motifs is 1. The predicted molar refractivity (Wildman–Crippen MR) is 84.8 cm³/mol. The SMILES string of the molecule is CCOc1nnc(CN(C)[C@@H]2CCc3ccccc3C2)s1. The molecule has 0 amide bonds. The van der Waals surface area contributed by atoms with Crippen LogP contribution >= 0.6 is 11.3 Å².